The minimum Gasteiger partial charge on any atom is -0.370 e. The molecule has 0 saturated carbocycles. The Morgan fingerprint density at radius 3 is 2.19 bits per heavy atom. The minimum absolute atomic E-state index is 0.112. The first-order valence-corrected chi connectivity index (χ1v) is 10.4. The fourth-order valence-corrected chi connectivity index (χ4v) is 3.80. The molecule has 2 rings (SSSR count). The van der Waals surface area contributed by atoms with Crippen LogP contribution in [0.15, 0.2) is 36.0 Å². The van der Waals surface area contributed by atoms with E-state index in [1.807, 2.05) is 6.08 Å². The predicted octanol–water partition coefficient (Wildman–Crippen LogP) is 3.99. The summed E-state index contributed by atoms with van der Waals surface area (Å²) < 4.78 is 0. The topological polar surface area (TPSA) is 72.2 Å². The third kappa shape index (κ3) is 10.5. The van der Waals surface area contributed by atoms with Gasteiger partial charge in [-0.1, -0.05) is 58.1 Å². The van der Waals surface area contributed by atoms with Crippen LogP contribution in [0.3, 0.4) is 0 Å². The van der Waals surface area contributed by atoms with Gasteiger partial charge in [-0.25, -0.2) is 0 Å². The van der Waals surface area contributed by atoms with Gasteiger partial charge >= 0.3 is 0 Å². The Balaban J connectivity index is 0.000000273. The first-order chi connectivity index (χ1) is 12.1. The first kappa shape index (κ1) is 22.6. The van der Waals surface area contributed by atoms with E-state index in [0.717, 1.165) is 18.4 Å². The van der Waals surface area contributed by atoms with E-state index >= 15 is 0 Å². The number of hydrogen-bond acceptors (Lipinski definition) is 3. The van der Waals surface area contributed by atoms with Crippen molar-refractivity contribution < 1.29 is 9.59 Å². The van der Waals surface area contributed by atoms with E-state index in [0.29, 0.717) is 17.4 Å². The third-order valence-electron chi connectivity index (χ3n) is 4.09. The molecule has 0 aromatic rings. The van der Waals surface area contributed by atoms with E-state index in [1.54, 1.807) is 0 Å². The van der Waals surface area contributed by atoms with E-state index < -0.39 is 5.91 Å². The lowest BCUT2D eigenvalue weighted by Crippen LogP contribution is -2.26. The largest absolute Gasteiger partial charge is 0.370 e. The highest BCUT2D eigenvalue weighted by molar-refractivity contribution is 7.99. The van der Waals surface area contributed by atoms with Gasteiger partial charge in [0.25, 0.3) is 0 Å². The number of primary amides is 1. The number of hydrogen-bond donors (Lipinski definition) is 2. The molecule has 0 spiro atoms. The zero-order chi connectivity index (χ0) is 19.6. The van der Waals surface area contributed by atoms with Crippen molar-refractivity contribution in [3.63, 3.8) is 0 Å². The minimum atomic E-state index is -0.443. The van der Waals surface area contributed by atoms with Gasteiger partial charge in [-0.2, -0.15) is 11.8 Å². The quantitative estimate of drug-likeness (QED) is 0.711. The second-order valence-electron chi connectivity index (χ2n) is 8.31. The summed E-state index contributed by atoms with van der Waals surface area (Å²) >= 11 is 2.07. The molecule has 1 aliphatic carbocycles. The number of amides is 2. The van der Waals surface area contributed by atoms with Gasteiger partial charge in [0.2, 0.25) is 11.8 Å². The third-order valence-corrected chi connectivity index (χ3v) is 5.99. The van der Waals surface area contributed by atoms with Crippen molar-refractivity contribution in [3.05, 3.63) is 36.0 Å². The molecular weight excluding hydrogens is 344 g/mol. The monoisotopic (exact) mass is 378 g/mol. The number of allylic oxidation sites excluding steroid dienone is 4. The SMILES string of the molecule is CC1(C)C=CC(C)(C)CSC1.NC(=O)CCC(=O)NCC1=CCCC=C1. The van der Waals surface area contributed by atoms with Crippen LogP contribution in [0.25, 0.3) is 0 Å². The summed E-state index contributed by atoms with van der Waals surface area (Å²) in [7, 11) is 0. The van der Waals surface area contributed by atoms with Crippen LogP contribution in [-0.4, -0.2) is 29.9 Å². The molecule has 0 atom stereocenters. The summed E-state index contributed by atoms with van der Waals surface area (Å²) in [6.45, 7) is 9.75. The van der Waals surface area contributed by atoms with Gasteiger partial charge in [-0.3, -0.25) is 9.59 Å². The lowest BCUT2D eigenvalue weighted by atomic mass is 9.89. The van der Waals surface area contributed by atoms with Crippen LogP contribution >= 0.6 is 11.8 Å². The molecule has 5 heteroatoms. The number of rotatable bonds is 5. The van der Waals surface area contributed by atoms with Gasteiger partial charge in [0, 0.05) is 30.9 Å². The molecule has 0 unspecified atom stereocenters. The Kier molecular flexibility index (Phi) is 9.20. The maximum Gasteiger partial charge on any atom is 0.220 e. The number of thioether (sulfide) groups is 1. The fraction of sp³-hybridized carbons (Fsp3) is 0.619. The Hall–Kier alpha value is -1.49. The maximum atomic E-state index is 11.2. The second-order valence-corrected chi connectivity index (χ2v) is 9.29. The van der Waals surface area contributed by atoms with Gasteiger partial charge in [-0.15, -0.1) is 0 Å². The summed E-state index contributed by atoms with van der Waals surface area (Å²) in [6.07, 6.45) is 13.3. The van der Waals surface area contributed by atoms with E-state index in [-0.39, 0.29) is 18.7 Å². The number of nitrogens with one attached hydrogen (secondary N) is 1. The Bertz CT molecular complexity index is 557. The van der Waals surface area contributed by atoms with Crippen LogP contribution in [0, 0.1) is 10.8 Å². The standard InChI is InChI=1S/C11H16N2O2.C10H18S/c12-10(14)6-7-11(15)13-8-9-4-2-1-3-5-9;1-9(2)5-6-10(3,4)8-11-7-9/h2,4-5H,1,3,6-8H2,(H2,12,14)(H,13,15);5-6H,7-8H2,1-4H3. The molecule has 146 valence electrons. The maximum absolute atomic E-state index is 11.2. The van der Waals surface area contributed by atoms with Crippen LogP contribution in [0.2, 0.25) is 0 Å². The van der Waals surface area contributed by atoms with Crippen LogP contribution in [-0.2, 0) is 9.59 Å². The van der Waals surface area contributed by atoms with Crippen molar-refractivity contribution in [2.24, 2.45) is 16.6 Å². The Labute approximate surface area is 162 Å². The van der Waals surface area contributed by atoms with Gasteiger partial charge in [0.15, 0.2) is 0 Å². The van der Waals surface area contributed by atoms with E-state index in [4.69, 9.17) is 5.73 Å². The van der Waals surface area contributed by atoms with Gasteiger partial charge in [0.05, 0.1) is 0 Å². The highest BCUT2D eigenvalue weighted by Gasteiger charge is 2.23. The number of nitrogens with two attached hydrogens (primary N) is 1. The molecule has 0 radical (unpaired) electrons. The molecule has 4 nitrogen and oxygen atoms in total. The molecule has 2 aliphatic rings. The zero-order valence-electron chi connectivity index (χ0n) is 16.6. The molecular formula is C21H34N2O2S. The van der Waals surface area contributed by atoms with Crippen molar-refractivity contribution in [3.8, 4) is 0 Å². The number of carbonyl (C=O) groups is 2. The fourth-order valence-electron chi connectivity index (χ4n) is 2.45. The molecule has 0 saturated heterocycles. The summed E-state index contributed by atoms with van der Waals surface area (Å²) in [5.74, 6) is 1.94. The molecule has 26 heavy (non-hydrogen) atoms. The number of carbonyl (C=O) groups excluding carboxylic acids is 2. The molecule has 0 aromatic heterocycles. The zero-order valence-corrected chi connectivity index (χ0v) is 17.5. The molecule has 3 N–H and O–H groups in total. The molecule has 0 bridgehead atoms. The molecule has 1 aliphatic heterocycles. The molecule has 1 heterocycles. The smallest absolute Gasteiger partial charge is 0.220 e. The van der Waals surface area contributed by atoms with Crippen LogP contribution in [0.1, 0.15) is 53.4 Å². The first-order valence-electron chi connectivity index (χ1n) is 9.28. The normalized spacial score (nSPS) is 20.2. The lowest BCUT2D eigenvalue weighted by Gasteiger charge is -2.17. The van der Waals surface area contributed by atoms with Crippen molar-refractivity contribution in [1.82, 2.24) is 5.32 Å². The summed E-state index contributed by atoms with van der Waals surface area (Å²) in [5.41, 5.74) is 6.86. The average molecular weight is 379 g/mol. The second kappa shape index (κ2) is 10.6. The van der Waals surface area contributed by atoms with Crippen molar-refractivity contribution >= 4 is 23.6 Å². The summed E-state index contributed by atoms with van der Waals surface area (Å²) in [5, 5.41) is 2.74. The van der Waals surface area contributed by atoms with Crippen LogP contribution in [0.5, 0.6) is 0 Å². The van der Waals surface area contributed by atoms with E-state index in [1.165, 1.54) is 11.5 Å². The summed E-state index contributed by atoms with van der Waals surface area (Å²) in [4.78, 5) is 21.6. The Morgan fingerprint density at radius 1 is 1.08 bits per heavy atom. The van der Waals surface area contributed by atoms with E-state index in [2.05, 4.69) is 69.1 Å². The van der Waals surface area contributed by atoms with Gasteiger partial charge in [0.1, 0.15) is 0 Å². The average Bonchev–Trinajstić information content (AvgIpc) is 2.70. The molecule has 0 fully saturated rings. The predicted molar refractivity (Wildman–Crippen MR) is 112 cm³/mol. The highest BCUT2D eigenvalue weighted by atomic mass is 32.2. The van der Waals surface area contributed by atoms with Gasteiger partial charge in [-0.05, 0) is 29.2 Å². The van der Waals surface area contributed by atoms with Crippen LogP contribution in [0.4, 0.5) is 0 Å². The van der Waals surface area contributed by atoms with Crippen LogP contribution < -0.4 is 11.1 Å². The van der Waals surface area contributed by atoms with E-state index in [9.17, 15) is 9.59 Å². The summed E-state index contributed by atoms with van der Waals surface area (Å²) in [6, 6.07) is 0. The Morgan fingerprint density at radius 2 is 1.69 bits per heavy atom. The van der Waals surface area contributed by atoms with Crippen molar-refractivity contribution in [2.45, 2.75) is 53.4 Å². The van der Waals surface area contributed by atoms with Crippen molar-refractivity contribution in [1.29, 1.82) is 0 Å². The van der Waals surface area contributed by atoms with Gasteiger partial charge < -0.3 is 11.1 Å². The van der Waals surface area contributed by atoms with Crippen molar-refractivity contribution in [2.75, 3.05) is 18.1 Å². The molecule has 2 amide bonds. The lowest BCUT2D eigenvalue weighted by molar-refractivity contribution is -0.124. The highest BCUT2D eigenvalue weighted by Crippen LogP contribution is 2.34. The molecule has 0 aromatic carbocycles.